The molecule has 0 aromatic heterocycles. The van der Waals surface area contributed by atoms with E-state index in [1.165, 1.54) is 0 Å². The van der Waals surface area contributed by atoms with Crippen molar-refractivity contribution in [3.63, 3.8) is 0 Å². The van der Waals surface area contributed by atoms with E-state index >= 15 is 0 Å². The number of hydrogen-bond donors (Lipinski definition) is 1. The van der Waals surface area contributed by atoms with Gasteiger partial charge in [-0.15, -0.1) is 0 Å². The van der Waals surface area contributed by atoms with Gasteiger partial charge in [0.2, 0.25) is 10.0 Å². The Morgan fingerprint density at radius 2 is 2.06 bits per heavy atom. The Hall–Kier alpha value is -0.170. The van der Waals surface area contributed by atoms with Crippen LogP contribution in [0.4, 0.5) is 0 Å². The predicted octanol–water partition coefficient (Wildman–Crippen LogP) is -0.352. The van der Waals surface area contributed by atoms with Crippen LogP contribution < -0.4 is 5.32 Å². The lowest BCUT2D eigenvalue weighted by Crippen LogP contribution is -2.44. The van der Waals surface area contributed by atoms with E-state index in [4.69, 9.17) is 4.74 Å². The molecule has 2 aliphatic heterocycles. The summed E-state index contributed by atoms with van der Waals surface area (Å²) in [6, 6.07) is 0. The normalized spacial score (nSPS) is 29.1. The van der Waals surface area contributed by atoms with Crippen LogP contribution in [0.5, 0.6) is 0 Å². The number of nitrogens with zero attached hydrogens (tertiary/aromatic N) is 1. The summed E-state index contributed by atoms with van der Waals surface area (Å²) in [6.45, 7) is 3.95. The van der Waals surface area contributed by atoms with E-state index in [9.17, 15) is 8.42 Å². The van der Waals surface area contributed by atoms with E-state index < -0.39 is 10.0 Å². The van der Waals surface area contributed by atoms with E-state index in [0.717, 1.165) is 25.9 Å². The number of rotatable bonds is 3. The lowest BCUT2D eigenvalue weighted by atomic mass is 10.0. The van der Waals surface area contributed by atoms with Gasteiger partial charge in [-0.1, -0.05) is 0 Å². The Kier molecular flexibility index (Phi) is 4.18. The summed E-state index contributed by atoms with van der Waals surface area (Å²) in [6.07, 6.45) is 2.11. The van der Waals surface area contributed by atoms with Crippen molar-refractivity contribution >= 4 is 10.0 Å². The molecule has 0 saturated carbocycles. The lowest BCUT2D eigenvalue weighted by Gasteiger charge is -2.29. The quantitative estimate of drug-likeness (QED) is 0.741. The highest BCUT2D eigenvalue weighted by atomic mass is 32.2. The minimum atomic E-state index is -3.07. The topological polar surface area (TPSA) is 58.6 Å². The Balaban J connectivity index is 1.90. The highest BCUT2D eigenvalue weighted by molar-refractivity contribution is 7.89. The van der Waals surface area contributed by atoms with Crippen molar-refractivity contribution in [3.05, 3.63) is 0 Å². The summed E-state index contributed by atoms with van der Waals surface area (Å²) in [7, 11) is -3.07. The first-order valence-corrected chi connectivity index (χ1v) is 7.56. The van der Waals surface area contributed by atoms with Crippen LogP contribution in [0.1, 0.15) is 12.8 Å². The maximum Gasteiger partial charge on any atom is 0.214 e. The molecule has 2 fully saturated rings. The Bertz CT molecular complexity index is 306. The van der Waals surface area contributed by atoms with E-state index in [0.29, 0.717) is 32.1 Å². The Labute approximate surface area is 97.2 Å². The second kappa shape index (κ2) is 5.44. The zero-order valence-electron chi connectivity index (χ0n) is 9.52. The molecule has 94 valence electrons. The number of piperidine rings is 1. The standard InChI is InChI=1S/C10H20N2O3S/c13-16(14,12-4-6-15-7-5-12)9-10-2-1-3-11-8-10/h10-11H,1-9H2/t10-/m1/s1. The first-order chi connectivity index (χ1) is 7.68. The number of sulfonamides is 1. The van der Waals surface area contributed by atoms with Crippen LogP contribution in [0.15, 0.2) is 0 Å². The largest absolute Gasteiger partial charge is 0.379 e. The monoisotopic (exact) mass is 248 g/mol. The van der Waals surface area contributed by atoms with Crippen LogP contribution >= 0.6 is 0 Å². The van der Waals surface area contributed by atoms with Crippen molar-refractivity contribution < 1.29 is 13.2 Å². The van der Waals surface area contributed by atoms with Crippen molar-refractivity contribution in [1.29, 1.82) is 0 Å². The molecular formula is C10H20N2O3S. The number of morpholine rings is 1. The summed E-state index contributed by atoms with van der Waals surface area (Å²) < 4.78 is 30.9. The van der Waals surface area contributed by atoms with Crippen LogP contribution in [-0.4, -0.2) is 57.9 Å². The highest BCUT2D eigenvalue weighted by Gasteiger charge is 2.28. The van der Waals surface area contributed by atoms with Crippen molar-refractivity contribution in [3.8, 4) is 0 Å². The van der Waals surface area contributed by atoms with Gasteiger partial charge >= 0.3 is 0 Å². The van der Waals surface area contributed by atoms with Crippen molar-refractivity contribution in [2.45, 2.75) is 12.8 Å². The van der Waals surface area contributed by atoms with Crippen LogP contribution in [0.3, 0.4) is 0 Å². The maximum absolute atomic E-state index is 12.1. The van der Waals surface area contributed by atoms with Crippen molar-refractivity contribution in [1.82, 2.24) is 9.62 Å². The SMILES string of the molecule is O=S(=O)(C[C@@H]1CCCNC1)N1CCOCC1. The van der Waals surface area contributed by atoms with E-state index in [1.54, 1.807) is 4.31 Å². The molecule has 6 heteroatoms. The average Bonchev–Trinajstić information content (AvgIpc) is 2.31. The van der Waals surface area contributed by atoms with Crippen molar-refractivity contribution in [2.75, 3.05) is 45.1 Å². The Morgan fingerprint density at radius 3 is 2.69 bits per heavy atom. The molecule has 0 radical (unpaired) electrons. The number of ether oxygens (including phenoxy) is 1. The molecule has 0 bridgehead atoms. The van der Waals surface area contributed by atoms with E-state index in [2.05, 4.69) is 5.32 Å². The summed E-state index contributed by atoms with van der Waals surface area (Å²) >= 11 is 0. The summed E-state index contributed by atoms with van der Waals surface area (Å²) in [5.41, 5.74) is 0. The summed E-state index contributed by atoms with van der Waals surface area (Å²) in [5.74, 6) is 0.571. The van der Waals surface area contributed by atoms with Gasteiger partial charge in [0.1, 0.15) is 0 Å². The second-order valence-electron chi connectivity index (χ2n) is 4.50. The van der Waals surface area contributed by atoms with Crippen LogP contribution in [0, 0.1) is 5.92 Å². The molecule has 1 atom stereocenters. The molecule has 0 unspecified atom stereocenters. The highest BCUT2D eigenvalue weighted by Crippen LogP contribution is 2.15. The van der Waals surface area contributed by atoms with Gasteiger partial charge in [0, 0.05) is 13.1 Å². The minimum Gasteiger partial charge on any atom is -0.379 e. The zero-order chi connectivity index (χ0) is 11.4. The second-order valence-corrected chi connectivity index (χ2v) is 6.52. The zero-order valence-corrected chi connectivity index (χ0v) is 10.3. The van der Waals surface area contributed by atoms with Gasteiger partial charge in [0.25, 0.3) is 0 Å². The fourth-order valence-electron chi connectivity index (χ4n) is 2.29. The van der Waals surface area contributed by atoms with Gasteiger partial charge in [0.05, 0.1) is 19.0 Å². The van der Waals surface area contributed by atoms with Gasteiger partial charge in [0.15, 0.2) is 0 Å². The molecule has 0 spiro atoms. The van der Waals surface area contributed by atoms with Gasteiger partial charge in [-0.05, 0) is 31.8 Å². The third kappa shape index (κ3) is 3.16. The third-order valence-electron chi connectivity index (χ3n) is 3.21. The molecule has 2 rings (SSSR count). The van der Waals surface area contributed by atoms with Crippen LogP contribution in [0.25, 0.3) is 0 Å². The molecule has 2 heterocycles. The number of hydrogen-bond acceptors (Lipinski definition) is 4. The molecule has 0 aromatic carbocycles. The first kappa shape index (κ1) is 12.3. The third-order valence-corrected chi connectivity index (χ3v) is 5.25. The van der Waals surface area contributed by atoms with Gasteiger partial charge < -0.3 is 10.1 Å². The van der Waals surface area contributed by atoms with E-state index in [-0.39, 0.29) is 5.92 Å². The maximum atomic E-state index is 12.1. The molecule has 1 N–H and O–H groups in total. The molecule has 16 heavy (non-hydrogen) atoms. The van der Waals surface area contributed by atoms with Gasteiger partial charge in [-0.2, -0.15) is 4.31 Å². The summed E-state index contributed by atoms with van der Waals surface area (Å²) in [4.78, 5) is 0. The molecular weight excluding hydrogens is 228 g/mol. The smallest absolute Gasteiger partial charge is 0.214 e. The van der Waals surface area contributed by atoms with Gasteiger partial charge in [-0.3, -0.25) is 0 Å². The molecule has 2 saturated heterocycles. The molecule has 0 amide bonds. The molecule has 5 nitrogen and oxygen atoms in total. The number of nitrogens with one attached hydrogen (secondary N) is 1. The van der Waals surface area contributed by atoms with E-state index in [1.807, 2.05) is 0 Å². The first-order valence-electron chi connectivity index (χ1n) is 5.95. The average molecular weight is 248 g/mol. The van der Waals surface area contributed by atoms with Crippen LogP contribution in [0.2, 0.25) is 0 Å². The molecule has 0 aromatic rings. The van der Waals surface area contributed by atoms with Gasteiger partial charge in [-0.25, -0.2) is 8.42 Å². The fourth-order valence-corrected chi connectivity index (χ4v) is 4.09. The lowest BCUT2D eigenvalue weighted by molar-refractivity contribution is 0.0728. The van der Waals surface area contributed by atoms with Crippen LogP contribution in [-0.2, 0) is 14.8 Å². The molecule has 0 aliphatic carbocycles. The minimum absolute atomic E-state index is 0.279. The molecule has 2 aliphatic rings. The predicted molar refractivity (Wildman–Crippen MR) is 61.8 cm³/mol. The summed E-state index contributed by atoms with van der Waals surface area (Å²) in [5, 5.41) is 3.25. The fraction of sp³-hybridized carbons (Fsp3) is 1.00. The Morgan fingerprint density at radius 1 is 1.31 bits per heavy atom. The van der Waals surface area contributed by atoms with Crippen molar-refractivity contribution in [2.24, 2.45) is 5.92 Å².